The fourth-order valence-corrected chi connectivity index (χ4v) is 2.29. The molecule has 1 aromatic heterocycles. The van der Waals surface area contributed by atoms with Crippen LogP contribution in [0.1, 0.15) is 37.7 Å². The predicted molar refractivity (Wildman–Crippen MR) is 91.7 cm³/mol. The van der Waals surface area contributed by atoms with E-state index in [2.05, 4.69) is 10.6 Å². The van der Waals surface area contributed by atoms with Gasteiger partial charge in [0.15, 0.2) is 0 Å². The summed E-state index contributed by atoms with van der Waals surface area (Å²) in [5.41, 5.74) is 1.75. The Morgan fingerprint density at radius 3 is 2.67 bits per heavy atom. The number of carbonyl (C=O) groups excluding carboxylic acids is 1. The van der Waals surface area contributed by atoms with Gasteiger partial charge < -0.3 is 24.9 Å². The lowest BCUT2D eigenvalue weighted by atomic mass is 10.1. The number of amides is 2. The van der Waals surface area contributed by atoms with Crippen LogP contribution in [0.4, 0.5) is 10.5 Å². The van der Waals surface area contributed by atoms with Gasteiger partial charge in [-0.2, -0.15) is 0 Å². The van der Waals surface area contributed by atoms with Crippen LogP contribution in [0, 0.1) is 0 Å². The van der Waals surface area contributed by atoms with Crippen LogP contribution >= 0.6 is 0 Å². The number of benzene rings is 1. The van der Waals surface area contributed by atoms with Gasteiger partial charge in [-0.1, -0.05) is 12.1 Å². The van der Waals surface area contributed by atoms with Gasteiger partial charge in [-0.15, -0.1) is 0 Å². The number of carbonyl (C=O) groups is 1. The molecule has 6 heteroatoms. The van der Waals surface area contributed by atoms with Crippen molar-refractivity contribution in [1.82, 2.24) is 5.32 Å². The molecule has 0 unspecified atom stereocenters. The summed E-state index contributed by atoms with van der Waals surface area (Å²) < 4.78 is 10.5. The summed E-state index contributed by atoms with van der Waals surface area (Å²) >= 11 is 0. The largest absolute Gasteiger partial charge is 0.467 e. The highest BCUT2D eigenvalue weighted by Gasteiger charge is 2.16. The summed E-state index contributed by atoms with van der Waals surface area (Å²) in [6.45, 7) is 5.01. The molecule has 2 atom stereocenters. The van der Waals surface area contributed by atoms with E-state index in [1.54, 1.807) is 12.1 Å². The standard InChI is InChI=1S/C18H24N2O4/c1-3-23-12-14-6-8-15(9-7-14)20-18(22)19-13(2)11-16(21)17-5-4-10-24-17/h4-10,13,16,21H,3,11-12H2,1-2H3,(H2,19,20,22)/t13-,16+/m1/s1. The summed E-state index contributed by atoms with van der Waals surface area (Å²) in [6.07, 6.45) is 1.14. The van der Waals surface area contributed by atoms with Gasteiger partial charge in [0.2, 0.25) is 0 Å². The Bertz CT molecular complexity index is 610. The Labute approximate surface area is 141 Å². The van der Waals surface area contributed by atoms with Crippen molar-refractivity contribution in [2.75, 3.05) is 11.9 Å². The van der Waals surface area contributed by atoms with E-state index in [1.807, 2.05) is 38.1 Å². The highest BCUT2D eigenvalue weighted by atomic mass is 16.5. The van der Waals surface area contributed by atoms with Crippen LogP contribution < -0.4 is 10.6 Å². The zero-order chi connectivity index (χ0) is 17.4. The zero-order valence-corrected chi connectivity index (χ0v) is 14.0. The number of anilines is 1. The minimum absolute atomic E-state index is 0.206. The van der Waals surface area contributed by atoms with Crippen LogP contribution in [0.15, 0.2) is 47.1 Å². The van der Waals surface area contributed by atoms with E-state index in [4.69, 9.17) is 9.15 Å². The molecule has 0 saturated carbocycles. The summed E-state index contributed by atoms with van der Waals surface area (Å²) in [5.74, 6) is 0.494. The van der Waals surface area contributed by atoms with E-state index >= 15 is 0 Å². The Hall–Kier alpha value is -2.31. The van der Waals surface area contributed by atoms with Crippen LogP contribution in [0.5, 0.6) is 0 Å². The molecule has 2 rings (SSSR count). The van der Waals surface area contributed by atoms with E-state index in [0.717, 1.165) is 5.56 Å². The molecule has 0 aliphatic carbocycles. The molecule has 0 radical (unpaired) electrons. The Morgan fingerprint density at radius 2 is 2.04 bits per heavy atom. The normalized spacial score (nSPS) is 13.3. The maximum Gasteiger partial charge on any atom is 0.319 e. The number of hydrogen-bond acceptors (Lipinski definition) is 4. The number of aliphatic hydroxyl groups is 1. The van der Waals surface area contributed by atoms with Crippen LogP contribution in [-0.4, -0.2) is 23.8 Å². The SMILES string of the molecule is CCOCc1ccc(NC(=O)N[C@H](C)C[C@H](O)c2ccco2)cc1. The second kappa shape index (κ2) is 9.10. The molecule has 0 aliphatic heterocycles. The van der Waals surface area contributed by atoms with Crippen LogP contribution in [0.2, 0.25) is 0 Å². The zero-order valence-electron chi connectivity index (χ0n) is 14.0. The molecule has 2 aromatic rings. The minimum Gasteiger partial charge on any atom is -0.467 e. The molecule has 1 heterocycles. The third-order valence-corrected chi connectivity index (χ3v) is 3.51. The maximum absolute atomic E-state index is 12.0. The van der Waals surface area contributed by atoms with Crippen molar-refractivity contribution in [3.05, 3.63) is 54.0 Å². The first-order valence-corrected chi connectivity index (χ1v) is 8.04. The fraction of sp³-hybridized carbons (Fsp3) is 0.389. The highest BCUT2D eigenvalue weighted by molar-refractivity contribution is 5.89. The monoisotopic (exact) mass is 332 g/mol. The van der Waals surface area contributed by atoms with Crippen molar-refractivity contribution < 1.29 is 19.1 Å². The van der Waals surface area contributed by atoms with Crippen molar-refractivity contribution in [3.63, 3.8) is 0 Å². The van der Waals surface area contributed by atoms with Gasteiger partial charge in [0.05, 0.1) is 12.9 Å². The lowest BCUT2D eigenvalue weighted by Crippen LogP contribution is -2.37. The number of furan rings is 1. The first-order chi connectivity index (χ1) is 11.6. The highest BCUT2D eigenvalue weighted by Crippen LogP contribution is 2.18. The summed E-state index contributed by atoms with van der Waals surface area (Å²) in [5, 5.41) is 15.6. The molecule has 1 aromatic carbocycles. The van der Waals surface area contributed by atoms with Crippen LogP contribution in [0.25, 0.3) is 0 Å². The predicted octanol–water partition coefficient (Wildman–Crippen LogP) is 3.45. The first kappa shape index (κ1) is 18.0. The molecule has 3 N–H and O–H groups in total. The molecule has 0 saturated heterocycles. The lowest BCUT2D eigenvalue weighted by molar-refractivity contribution is 0.130. The van der Waals surface area contributed by atoms with Gasteiger partial charge in [0.1, 0.15) is 11.9 Å². The van der Waals surface area contributed by atoms with E-state index in [-0.39, 0.29) is 12.1 Å². The number of rotatable bonds is 8. The van der Waals surface area contributed by atoms with E-state index in [9.17, 15) is 9.90 Å². The maximum atomic E-state index is 12.0. The van der Waals surface area contributed by atoms with Gasteiger partial charge in [0, 0.05) is 24.8 Å². The lowest BCUT2D eigenvalue weighted by Gasteiger charge is -2.17. The Morgan fingerprint density at radius 1 is 1.29 bits per heavy atom. The molecular formula is C18H24N2O4. The van der Waals surface area contributed by atoms with E-state index in [0.29, 0.717) is 31.1 Å². The van der Waals surface area contributed by atoms with Gasteiger partial charge in [-0.25, -0.2) is 4.79 Å². The van der Waals surface area contributed by atoms with Crippen LogP contribution in [-0.2, 0) is 11.3 Å². The first-order valence-electron chi connectivity index (χ1n) is 8.04. The number of nitrogens with one attached hydrogen (secondary N) is 2. The summed E-state index contributed by atoms with van der Waals surface area (Å²) in [7, 11) is 0. The third-order valence-electron chi connectivity index (χ3n) is 3.51. The van der Waals surface area contributed by atoms with Gasteiger partial charge in [0.25, 0.3) is 0 Å². The molecule has 130 valence electrons. The van der Waals surface area contributed by atoms with E-state index < -0.39 is 6.10 Å². The Kier molecular flexibility index (Phi) is 6.84. The molecule has 2 amide bonds. The smallest absolute Gasteiger partial charge is 0.319 e. The van der Waals surface area contributed by atoms with Crippen molar-refractivity contribution >= 4 is 11.7 Å². The minimum atomic E-state index is -0.742. The van der Waals surface area contributed by atoms with Crippen LogP contribution in [0.3, 0.4) is 0 Å². The fourth-order valence-electron chi connectivity index (χ4n) is 2.29. The second-order valence-corrected chi connectivity index (χ2v) is 5.60. The Balaban J connectivity index is 1.77. The molecule has 0 bridgehead atoms. The molecule has 24 heavy (non-hydrogen) atoms. The molecular weight excluding hydrogens is 308 g/mol. The van der Waals surface area contributed by atoms with Crippen molar-refractivity contribution in [2.24, 2.45) is 0 Å². The quantitative estimate of drug-likeness (QED) is 0.691. The third kappa shape index (κ3) is 5.72. The van der Waals surface area contributed by atoms with Crippen molar-refractivity contribution in [1.29, 1.82) is 0 Å². The number of urea groups is 1. The average molecular weight is 332 g/mol. The topological polar surface area (TPSA) is 83.7 Å². The van der Waals surface area contributed by atoms with E-state index in [1.165, 1.54) is 6.26 Å². The van der Waals surface area contributed by atoms with Gasteiger partial charge in [-0.3, -0.25) is 0 Å². The summed E-state index contributed by atoms with van der Waals surface area (Å²) in [4.78, 5) is 12.0. The van der Waals surface area contributed by atoms with Crippen molar-refractivity contribution in [3.8, 4) is 0 Å². The average Bonchev–Trinajstić information content (AvgIpc) is 3.08. The molecule has 0 spiro atoms. The molecule has 0 fully saturated rings. The number of aliphatic hydroxyl groups excluding tert-OH is 1. The summed E-state index contributed by atoms with van der Waals surface area (Å²) in [6, 6.07) is 10.4. The second-order valence-electron chi connectivity index (χ2n) is 5.60. The van der Waals surface area contributed by atoms with Crippen molar-refractivity contribution in [2.45, 2.75) is 39.0 Å². The van der Waals surface area contributed by atoms with Gasteiger partial charge in [-0.05, 0) is 43.7 Å². The van der Waals surface area contributed by atoms with Gasteiger partial charge >= 0.3 is 6.03 Å². The molecule has 6 nitrogen and oxygen atoms in total. The molecule has 0 aliphatic rings. The number of hydrogen-bond donors (Lipinski definition) is 3. The number of ether oxygens (including phenoxy) is 1.